The molecule has 0 bridgehead atoms. The number of carbonyl (C=O) groups excluding carboxylic acids is 3. The second kappa shape index (κ2) is 7.61. The molecule has 1 aromatic carbocycles. The first-order valence-corrected chi connectivity index (χ1v) is 5.67. The molecule has 0 aromatic heterocycles. The SMILES string of the molecule is C=C(C)C(=O)OC(C)c1cccc(C(=O)[O-])c1C(=O)[O-].[Cu+2]. The number of hydrogen-bond donors (Lipinski definition) is 0. The van der Waals surface area contributed by atoms with E-state index >= 15 is 0 Å². The second-order valence-electron chi connectivity index (χ2n) is 4.17. The van der Waals surface area contributed by atoms with Crippen molar-refractivity contribution in [1.82, 2.24) is 0 Å². The molecule has 1 atom stereocenters. The number of carboxylic acids is 2. The Kier molecular flexibility index (Phi) is 6.85. The van der Waals surface area contributed by atoms with E-state index in [-0.39, 0.29) is 28.2 Å². The van der Waals surface area contributed by atoms with Crippen molar-refractivity contribution < 1.29 is 46.4 Å². The van der Waals surface area contributed by atoms with Gasteiger partial charge in [0.15, 0.2) is 0 Å². The van der Waals surface area contributed by atoms with E-state index in [4.69, 9.17) is 4.74 Å². The summed E-state index contributed by atoms with van der Waals surface area (Å²) in [5.74, 6) is -4.04. The van der Waals surface area contributed by atoms with Gasteiger partial charge in [-0.05, 0) is 13.8 Å². The molecule has 1 radical (unpaired) electrons. The summed E-state index contributed by atoms with van der Waals surface area (Å²) in [6.45, 7) is 6.25. The molecule has 7 heteroatoms. The third kappa shape index (κ3) is 4.44. The monoisotopic (exact) mass is 339 g/mol. The fraction of sp³-hybridized carbons (Fsp3) is 0.214. The molecule has 0 aliphatic carbocycles. The van der Waals surface area contributed by atoms with Crippen LogP contribution in [0.3, 0.4) is 0 Å². The van der Waals surface area contributed by atoms with Crippen LogP contribution in [0.4, 0.5) is 0 Å². The van der Waals surface area contributed by atoms with Crippen molar-refractivity contribution in [2.45, 2.75) is 20.0 Å². The predicted molar refractivity (Wildman–Crippen MR) is 64.4 cm³/mol. The molecule has 1 rings (SSSR count). The van der Waals surface area contributed by atoms with Gasteiger partial charge in [0.1, 0.15) is 6.10 Å². The van der Waals surface area contributed by atoms with Gasteiger partial charge >= 0.3 is 23.0 Å². The van der Waals surface area contributed by atoms with Gasteiger partial charge in [0.05, 0.1) is 11.9 Å². The summed E-state index contributed by atoms with van der Waals surface area (Å²) in [5.41, 5.74) is -0.931. The minimum Gasteiger partial charge on any atom is -0.545 e. The maximum absolute atomic E-state index is 11.4. The summed E-state index contributed by atoms with van der Waals surface area (Å²) >= 11 is 0. The predicted octanol–water partition coefficient (Wildman–Crippen LogP) is -0.409. The average Bonchev–Trinajstić information content (AvgIpc) is 2.37. The third-order valence-corrected chi connectivity index (χ3v) is 2.59. The van der Waals surface area contributed by atoms with Crippen LogP contribution in [0.2, 0.25) is 0 Å². The van der Waals surface area contributed by atoms with Gasteiger partial charge in [-0.2, -0.15) is 0 Å². The van der Waals surface area contributed by atoms with Crippen LogP contribution < -0.4 is 10.2 Å². The summed E-state index contributed by atoms with van der Waals surface area (Å²) < 4.78 is 4.98. The number of carboxylic acid groups (broad SMARTS) is 2. The van der Waals surface area contributed by atoms with Crippen LogP contribution in [0.1, 0.15) is 46.2 Å². The Morgan fingerprint density at radius 3 is 2.19 bits per heavy atom. The molecule has 115 valence electrons. The maximum atomic E-state index is 11.4. The number of carbonyl (C=O) groups is 3. The molecule has 0 saturated heterocycles. The van der Waals surface area contributed by atoms with E-state index in [0.29, 0.717) is 0 Å². The summed E-state index contributed by atoms with van der Waals surface area (Å²) in [5, 5.41) is 22.0. The molecule has 0 aliphatic rings. The summed E-state index contributed by atoms with van der Waals surface area (Å²) in [4.78, 5) is 33.4. The van der Waals surface area contributed by atoms with Crippen molar-refractivity contribution in [3.8, 4) is 0 Å². The molecule has 0 saturated carbocycles. The Bertz CT molecular complexity index is 593. The average molecular weight is 340 g/mol. The normalized spacial score (nSPS) is 11.0. The van der Waals surface area contributed by atoms with Gasteiger partial charge in [-0.3, -0.25) is 0 Å². The van der Waals surface area contributed by atoms with Gasteiger partial charge in [-0.25, -0.2) is 4.79 Å². The molecular formula is C14H12CuO6. The molecule has 1 aromatic rings. The number of hydrogen-bond acceptors (Lipinski definition) is 6. The zero-order valence-electron chi connectivity index (χ0n) is 11.3. The van der Waals surface area contributed by atoms with Crippen molar-refractivity contribution in [3.63, 3.8) is 0 Å². The zero-order valence-corrected chi connectivity index (χ0v) is 12.2. The van der Waals surface area contributed by atoms with Gasteiger partial charge in [-0.1, -0.05) is 24.8 Å². The summed E-state index contributed by atoms with van der Waals surface area (Å²) in [7, 11) is 0. The van der Waals surface area contributed by atoms with Crippen LogP contribution in [0.25, 0.3) is 0 Å². The van der Waals surface area contributed by atoms with E-state index in [1.165, 1.54) is 26.0 Å². The number of aromatic carboxylic acids is 2. The van der Waals surface area contributed by atoms with E-state index in [0.717, 1.165) is 6.07 Å². The van der Waals surface area contributed by atoms with E-state index in [1.54, 1.807) is 0 Å². The van der Waals surface area contributed by atoms with Crippen LogP contribution in [0, 0.1) is 0 Å². The molecular weight excluding hydrogens is 328 g/mol. The topological polar surface area (TPSA) is 107 Å². The van der Waals surface area contributed by atoms with Crippen LogP contribution in [0.5, 0.6) is 0 Å². The minimum absolute atomic E-state index is 0. The molecule has 0 spiro atoms. The number of ether oxygens (including phenoxy) is 1. The molecule has 0 heterocycles. The summed E-state index contributed by atoms with van der Waals surface area (Å²) in [6, 6.07) is 3.75. The quantitative estimate of drug-likeness (QED) is 0.410. The maximum Gasteiger partial charge on any atom is 2.00 e. The first-order valence-electron chi connectivity index (χ1n) is 5.67. The smallest absolute Gasteiger partial charge is 0.545 e. The third-order valence-electron chi connectivity index (χ3n) is 2.59. The van der Waals surface area contributed by atoms with Gasteiger partial charge in [0.2, 0.25) is 0 Å². The van der Waals surface area contributed by atoms with E-state index < -0.39 is 35.1 Å². The van der Waals surface area contributed by atoms with Crippen molar-refractivity contribution in [2.75, 3.05) is 0 Å². The van der Waals surface area contributed by atoms with Crippen molar-refractivity contribution in [3.05, 3.63) is 47.0 Å². The Morgan fingerprint density at radius 2 is 1.76 bits per heavy atom. The zero-order chi connectivity index (χ0) is 15.4. The second-order valence-corrected chi connectivity index (χ2v) is 4.17. The van der Waals surface area contributed by atoms with Crippen LogP contribution in [-0.2, 0) is 26.6 Å². The standard InChI is InChI=1S/C14H14O6.Cu/c1-7(2)14(19)20-8(3)9-5-4-6-10(12(15)16)11(9)13(17)18;/h4-6,8H,1H2,2-3H3,(H,15,16)(H,17,18);/q;+2/p-2. The molecule has 0 N–H and O–H groups in total. The molecule has 0 aliphatic heterocycles. The van der Waals surface area contributed by atoms with E-state index in [1.807, 2.05) is 0 Å². The molecule has 1 unspecified atom stereocenters. The first-order chi connectivity index (χ1) is 9.25. The Hall–Kier alpha value is -2.11. The fourth-order valence-electron chi connectivity index (χ4n) is 1.63. The van der Waals surface area contributed by atoms with Crippen molar-refractivity contribution in [2.24, 2.45) is 0 Å². The fourth-order valence-corrected chi connectivity index (χ4v) is 1.63. The molecule has 0 amide bonds. The Morgan fingerprint density at radius 1 is 1.19 bits per heavy atom. The minimum atomic E-state index is -1.68. The molecule has 0 fully saturated rings. The number of rotatable bonds is 5. The molecule has 21 heavy (non-hydrogen) atoms. The van der Waals surface area contributed by atoms with Gasteiger partial charge in [0.25, 0.3) is 0 Å². The first kappa shape index (κ1) is 18.9. The number of esters is 1. The summed E-state index contributed by atoms with van der Waals surface area (Å²) in [6.07, 6.45) is -0.966. The largest absolute Gasteiger partial charge is 2.00 e. The van der Waals surface area contributed by atoms with Crippen molar-refractivity contribution >= 4 is 17.9 Å². The van der Waals surface area contributed by atoms with Crippen LogP contribution >= 0.6 is 0 Å². The van der Waals surface area contributed by atoms with E-state index in [9.17, 15) is 24.6 Å². The molecule has 6 nitrogen and oxygen atoms in total. The van der Waals surface area contributed by atoms with Crippen LogP contribution in [0.15, 0.2) is 30.4 Å². The van der Waals surface area contributed by atoms with E-state index in [2.05, 4.69) is 6.58 Å². The van der Waals surface area contributed by atoms with Gasteiger partial charge in [-0.15, -0.1) is 0 Å². The Labute approximate surface area is 131 Å². The number of benzene rings is 1. The van der Waals surface area contributed by atoms with Gasteiger partial charge < -0.3 is 24.5 Å². The van der Waals surface area contributed by atoms with Crippen LogP contribution in [-0.4, -0.2) is 17.9 Å². The van der Waals surface area contributed by atoms with Crippen molar-refractivity contribution in [1.29, 1.82) is 0 Å². The Balaban J connectivity index is 0.00000400. The van der Waals surface area contributed by atoms with Gasteiger partial charge in [0, 0.05) is 22.3 Å².